The van der Waals surface area contributed by atoms with Crippen molar-refractivity contribution in [2.24, 2.45) is 0 Å². The van der Waals surface area contributed by atoms with Crippen LogP contribution in [-0.2, 0) is 4.74 Å². The van der Waals surface area contributed by atoms with Crippen molar-refractivity contribution in [3.05, 3.63) is 23.9 Å². The van der Waals surface area contributed by atoms with Crippen LogP contribution >= 0.6 is 0 Å². The summed E-state index contributed by atoms with van der Waals surface area (Å²) in [7, 11) is 0. The fourth-order valence-corrected chi connectivity index (χ4v) is 4.06. The number of nitrogens with zero attached hydrogens (tertiary/aromatic N) is 4. The van der Waals surface area contributed by atoms with Gasteiger partial charge in [-0.25, -0.2) is 4.98 Å². The Morgan fingerprint density at radius 3 is 2.68 bits per heavy atom. The number of rotatable bonds is 3. The summed E-state index contributed by atoms with van der Waals surface area (Å²) in [4.78, 5) is 23.6. The maximum absolute atomic E-state index is 12.9. The SMILES string of the molecule is O=C(c1ccnc(N2CCCC2)c1)N1C[C@@H](O)[C@H](N2CCOCC2)C1. The lowest BCUT2D eigenvalue weighted by atomic mass is 10.1. The molecule has 3 aliphatic rings. The highest BCUT2D eigenvalue weighted by atomic mass is 16.5. The zero-order valence-electron chi connectivity index (χ0n) is 14.5. The van der Waals surface area contributed by atoms with E-state index in [-0.39, 0.29) is 11.9 Å². The highest BCUT2D eigenvalue weighted by Crippen LogP contribution is 2.22. The summed E-state index contributed by atoms with van der Waals surface area (Å²) in [6.07, 6.45) is 3.58. The predicted molar refractivity (Wildman–Crippen MR) is 93.8 cm³/mol. The van der Waals surface area contributed by atoms with Crippen LogP contribution in [0.5, 0.6) is 0 Å². The van der Waals surface area contributed by atoms with Crippen molar-refractivity contribution < 1.29 is 14.6 Å². The topological polar surface area (TPSA) is 69.1 Å². The molecule has 4 rings (SSSR count). The Labute approximate surface area is 148 Å². The Balaban J connectivity index is 1.45. The third-order valence-electron chi connectivity index (χ3n) is 5.48. The van der Waals surface area contributed by atoms with Crippen molar-refractivity contribution in [1.29, 1.82) is 0 Å². The van der Waals surface area contributed by atoms with E-state index in [1.165, 1.54) is 12.8 Å². The standard InChI is InChI=1S/C18H26N4O3/c23-16-13-22(12-15(16)20-7-9-25-10-8-20)18(24)14-3-4-19-17(11-14)21-5-1-2-6-21/h3-4,11,15-16,23H,1-2,5-10,12-13H2/t15-,16-/m1/s1. The molecule has 0 radical (unpaired) electrons. The number of carbonyl (C=O) groups is 1. The van der Waals surface area contributed by atoms with Crippen molar-refractivity contribution >= 4 is 11.7 Å². The van der Waals surface area contributed by atoms with E-state index in [0.29, 0.717) is 31.9 Å². The predicted octanol–water partition coefficient (Wildman–Crippen LogP) is 0.199. The van der Waals surface area contributed by atoms with Crippen LogP contribution in [0.15, 0.2) is 18.3 Å². The number of likely N-dealkylation sites (tertiary alicyclic amines) is 1. The number of hydrogen-bond donors (Lipinski definition) is 1. The zero-order chi connectivity index (χ0) is 17.2. The van der Waals surface area contributed by atoms with E-state index in [2.05, 4.69) is 14.8 Å². The maximum Gasteiger partial charge on any atom is 0.254 e. The summed E-state index contributed by atoms with van der Waals surface area (Å²) in [6.45, 7) is 6.00. The Bertz CT molecular complexity index is 614. The number of amides is 1. The lowest BCUT2D eigenvalue weighted by molar-refractivity contribution is -0.00611. The third kappa shape index (κ3) is 3.49. The smallest absolute Gasteiger partial charge is 0.254 e. The first kappa shape index (κ1) is 16.8. The van der Waals surface area contributed by atoms with E-state index < -0.39 is 6.10 Å². The third-order valence-corrected chi connectivity index (χ3v) is 5.48. The Morgan fingerprint density at radius 1 is 1.16 bits per heavy atom. The van der Waals surface area contributed by atoms with Crippen LogP contribution in [0.2, 0.25) is 0 Å². The van der Waals surface area contributed by atoms with Gasteiger partial charge in [0, 0.05) is 51.0 Å². The molecule has 2 atom stereocenters. The molecular weight excluding hydrogens is 320 g/mol. The summed E-state index contributed by atoms with van der Waals surface area (Å²) in [5.41, 5.74) is 0.659. The van der Waals surface area contributed by atoms with Crippen molar-refractivity contribution in [3.63, 3.8) is 0 Å². The average Bonchev–Trinajstić information content (AvgIpc) is 3.32. The normalized spacial score (nSPS) is 27.9. The number of β-amino-alcohol motifs (C(OH)–C–C–N with tert-alkyl or cyclic N) is 1. The number of anilines is 1. The molecule has 1 N–H and O–H groups in total. The molecular formula is C18H26N4O3. The summed E-state index contributed by atoms with van der Waals surface area (Å²) in [5.74, 6) is 0.866. The number of hydrogen-bond acceptors (Lipinski definition) is 6. The minimum absolute atomic E-state index is 0.00717. The van der Waals surface area contributed by atoms with E-state index in [9.17, 15) is 9.90 Å². The Kier molecular flexibility index (Phi) is 4.87. The van der Waals surface area contributed by atoms with Crippen molar-refractivity contribution in [2.45, 2.75) is 25.0 Å². The molecule has 3 saturated heterocycles. The van der Waals surface area contributed by atoms with Crippen LogP contribution in [0, 0.1) is 0 Å². The first-order chi connectivity index (χ1) is 12.2. The fourth-order valence-electron chi connectivity index (χ4n) is 4.06. The van der Waals surface area contributed by atoms with Gasteiger partial charge in [0.05, 0.1) is 25.4 Å². The molecule has 1 amide bonds. The van der Waals surface area contributed by atoms with Crippen molar-refractivity contribution in [1.82, 2.24) is 14.8 Å². The molecule has 0 aliphatic carbocycles. The molecule has 0 spiro atoms. The molecule has 0 unspecified atom stereocenters. The van der Waals surface area contributed by atoms with Gasteiger partial charge in [-0.3, -0.25) is 9.69 Å². The van der Waals surface area contributed by atoms with Gasteiger partial charge in [0.25, 0.3) is 5.91 Å². The van der Waals surface area contributed by atoms with Gasteiger partial charge in [0.15, 0.2) is 0 Å². The van der Waals surface area contributed by atoms with E-state index in [0.717, 1.165) is 32.0 Å². The number of morpholine rings is 1. The second-order valence-electron chi connectivity index (χ2n) is 7.09. The van der Waals surface area contributed by atoms with Gasteiger partial charge in [0.2, 0.25) is 0 Å². The minimum Gasteiger partial charge on any atom is -0.390 e. The minimum atomic E-state index is -0.498. The Morgan fingerprint density at radius 2 is 1.92 bits per heavy atom. The van der Waals surface area contributed by atoms with Crippen LogP contribution < -0.4 is 4.90 Å². The summed E-state index contributed by atoms with van der Waals surface area (Å²) < 4.78 is 5.38. The summed E-state index contributed by atoms with van der Waals surface area (Å²) in [6, 6.07) is 3.67. The monoisotopic (exact) mass is 346 g/mol. The highest BCUT2D eigenvalue weighted by Gasteiger charge is 2.38. The second kappa shape index (κ2) is 7.27. The van der Waals surface area contributed by atoms with Crippen molar-refractivity contribution in [3.8, 4) is 0 Å². The number of aliphatic hydroxyl groups excluding tert-OH is 1. The number of aromatic nitrogens is 1. The molecule has 1 aromatic heterocycles. The largest absolute Gasteiger partial charge is 0.390 e. The lowest BCUT2D eigenvalue weighted by Crippen LogP contribution is -2.49. The maximum atomic E-state index is 12.9. The second-order valence-corrected chi connectivity index (χ2v) is 7.09. The molecule has 3 fully saturated rings. The number of carbonyl (C=O) groups excluding carboxylic acids is 1. The number of aliphatic hydroxyl groups is 1. The molecule has 25 heavy (non-hydrogen) atoms. The van der Waals surface area contributed by atoms with E-state index in [1.807, 2.05) is 6.07 Å². The lowest BCUT2D eigenvalue weighted by Gasteiger charge is -2.33. The van der Waals surface area contributed by atoms with Gasteiger partial charge < -0.3 is 19.6 Å². The average molecular weight is 346 g/mol. The molecule has 0 aromatic carbocycles. The number of pyridine rings is 1. The summed E-state index contributed by atoms with van der Waals surface area (Å²) in [5, 5.41) is 10.4. The quantitative estimate of drug-likeness (QED) is 0.843. The van der Waals surface area contributed by atoms with Gasteiger partial charge >= 0.3 is 0 Å². The molecule has 4 heterocycles. The zero-order valence-corrected chi connectivity index (χ0v) is 14.5. The van der Waals surface area contributed by atoms with Gasteiger partial charge in [-0.05, 0) is 25.0 Å². The molecule has 1 aromatic rings. The van der Waals surface area contributed by atoms with E-state index in [1.54, 1.807) is 17.2 Å². The molecule has 3 aliphatic heterocycles. The molecule has 136 valence electrons. The van der Waals surface area contributed by atoms with Gasteiger partial charge in [-0.15, -0.1) is 0 Å². The van der Waals surface area contributed by atoms with E-state index in [4.69, 9.17) is 4.74 Å². The fraction of sp³-hybridized carbons (Fsp3) is 0.667. The van der Waals surface area contributed by atoms with E-state index >= 15 is 0 Å². The molecule has 0 saturated carbocycles. The van der Waals surface area contributed by atoms with Crippen LogP contribution in [0.4, 0.5) is 5.82 Å². The van der Waals surface area contributed by atoms with Crippen LogP contribution in [0.1, 0.15) is 23.2 Å². The van der Waals surface area contributed by atoms with Crippen LogP contribution in [0.25, 0.3) is 0 Å². The van der Waals surface area contributed by atoms with Gasteiger partial charge in [-0.2, -0.15) is 0 Å². The van der Waals surface area contributed by atoms with Gasteiger partial charge in [-0.1, -0.05) is 0 Å². The summed E-state index contributed by atoms with van der Waals surface area (Å²) >= 11 is 0. The first-order valence-corrected chi connectivity index (χ1v) is 9.22. The molecule has 7 heteroatoms. The Hall–Kier alpha value is -1.70. The van der Waals surface area contributed by atoms with Crippen molar-refractivity contribution in [2.75, 3.05) is 57.4 Å². The molecule has 7 nitrogen and oxygen atoms in total. The van der Waals surface area contributed by atoms with Crippen LogP contribution in [-0.4, -0.2) is 90.4 Å². The first-order valence-electron chi connectivity index (χ1n) is 9.22. The number of ether oxygens (including phenoxy) is 1. The van der Waals surface area contributed by atoms with Crippen LogP contribution in [0.3, 0.4) is 0 Å². The molecule has 0 bridgehead atoms. The van der Waals surface area contributed by atoms with Gasteiger partial charge in [0.1, 0.15) is 5.82 Å². The highest BCUT2D eigenvalue weighted by molar-refractivity contribution is 5.95.